The smallest absolute Gasteiger partial charge is 0.241 e. The monoisotopic (exact) mass is 374 g/mol. The fourth-order valence-corrected chi connectivity index (χ4v) is 4.46. The molecule has 0 heterocycles. The maximum Gasteiger partial charge on any atom is 0.241 e. The van der Waals surface area contributed by atoms with E-state index in [1.165, 1.54) is 0 Å². The molecule has 0 unspecified atom stereocenters. The van der Waals surface area contributed by atoms with Crippen molar-refractivity contribution in [3.05, 3.63) is 28.2 Å². The average Bonchev–Trinajstić information content (AvgIpc) is 3.25. The molecule has 4 nitrogen and oxygen atoms in total. The minimum absolute atomic E-state index is 0.195. The molecule has 1 fully saturated rings. The Labute approximate surface area is 135 Å². The van der Waals surface area contributed by atoms with Crippen LogP contribution in [0.4, 0.5) is 0 Å². The molecule has 2 N–H and O–H groups in total. The summed E-state index contributed by atoms with van der Waals surface area (Å²) in [5.41, 5.74) is 1.16. The lowest BCUT2D eigenvalue weighted by Gasteiger charge is -2.15. The van der Waals surface area contributed by atoms with Gasteiger partial charge in [0.25, 0.3) is 0 Å². The standard InChI is InChI=1S/C15H23BrN2O2S/c1-3-15(7-8-15)11-18-21(19,20)14-9-12(10-17-4-2)5-6-13(14)16/h5-6,9,17-18H,3-4,7-8,10-11H2,1-2H3. The molecule has 0 amide bonds. The lowest BCUT2D eigenvalue weighted by molar-refractivity contribution is 0.475. The van der Waals surface area contributed by atoms with E-state index in [-0.39, 0.29) is 5.41 Å². The Bertz CT molecular complexity index is 598. The second-order valence-corrected chi connectivity index (χ2v) is 8.31. The molecule has 2 rings (SSSR count). The van der Waals surface area contributed by atoms with Crippen LogP contribution in [0.25, 0.3) is 0 Å². The summed E-state index contributed by atoms with van der Waals surface area (Å²) in [6, 6.07) is 5.47. The van der Waals surface area contributed by atoms with E-state index in [0.29, 0.717) is 22.5 Å². The van der Waals surface area contributed by atoms with E-state index < -0.39 is 10.0 Å². The molecule has 0 atom stereocenters. The van der Waals surface area contributed by atoms with Gasteiger partial charge in [-0.1, -0.05) is 19.9 Å². The summed E-state index contributed by atoms with van der Waals surface area (Å²) >= 11 is 3.35. The van der Waals surface area contributed by atoms with Gasteiger partial charge in [-0.25, -0.2) is 13.1 Å². The van der Waals surface area contributed by atoms with Gasteiger partial charge in [0.15, 0.2) is 0 Å². The Morgan fingerprint density at radius 1 is 1.29 bits per heavy atom. The molecule has 0 radical (unpaired) electrons. The fourth-order valence-electron chi connectivity index (χ4n) is 2.29. The number of rotatable bonds is 8. The zero-order chi connectivity index (χ0) is 15.5. The Balaban J connectivity index is 2.14. The molecule has 1 saturated carbocycles. The highest BCUT2D eigenvalue weighted by molar-refractivity contribution is 9.10. The topological polar surface area (TPSA) is 58.2 Å². The van der Waals surface area contributed by atoms with E-state index in [4.69, 9.17) is 0 Å². The van der Waals surface area contributed by atoms with Crippen molar-refractivity contribution in [1.82, 2.24) is 10.0 Å². The summed E-state index contributed by atoms with van der Waals surface area (Å²) in [7, 11) is -3.47. The summed E-state index contributed by atoms with van der Waals surface area (Å²) in [5, 5.41) is 3.21. The van der Waals surface area contributed by atoms with E-state index in [1.807, 2.05) is 13.0 Å². The van der Waals surface area contributed by atoms with Gasteiger partial charge in [-0.3, -0.25) is 0 Å². The van der Waals surface area contributed by atoms with Crippen molar-refractivity contribution in [3.63, 3.8) is 0 Å². The predicted molar refractivity (Wildman–Crippen MR) is 88.7 cm³/mol. The van der Waals surface area contributed by atoms with Gasteiger partial charge in [-0.15, -0.1) is 0 Å². The quantitative estimate of drug-likeness (QED) is 0.734. The zero-order valence-electron chi connectivity index (χ0n) is 12.6. The zero-order valence-corrected chi connectivity index (χ0v) is 15.0. The maximum atomic E-state index is 12.5. The van der Waals surface area contributed by atoms with Crippen LogP contribution in [0.5, 0.6) is 0 Å². The van der Waals surface area contributed by atoms with Gasteiger partial charge < -0.3 is 5.32 Å². The minimum atomic E-state index is -3.47. The highest BCUT2D eigenvalue weighted by Crippen LogP contribution is 2.48. The van der Waals surface area contributed by atoms with Crippen molar-refractivity contribution in [2.75, 3.05) is 13.1 Å². The Kier molecular flexibility index (Phi) is 5.46. The van der Waals surface area contributed by atoms with Gasteiger partial charge in [0.1, 0.15) is 0 Å². The van der Waals surface area contributed by atoms with E-state index in [2.05, 4.69) is 32.9 Å². The molecular formula is C15H23BrN2O2S. The largest absolute Gasteiger partial charge is 0.313 e. The molecule has 118 valence electrons. The molecule has 1 aromatic carbocycles. The van der Waals surface area contributed by atoms with Crippen molar-refractivity contribution < 1.29 is 8.42 Å². The van der Waals surface area contributed by atoms with Crippen LogP contribution in [0.3, 0.4) is 0 Å². The Morgan fingerprint density at radius 3 is 2.57 bits per heavy atom. The van der Waals surface area contributed by atoms with E-state index >= 15 is 0 Å². The fraction of sp³-hybridized carbons (Fsp3) is 0.600. The van der Waals surface area contributed by atoms with Gasteiger partial charge in [0.05, 0.1) is 4.90 Å². The van der Waals surface area contributed by atoms with Crippen molar-refractivity contribution in [1.29, 1.82) is 0 Å². The molecule has 1 aliphatic rings. The van der Waals surface area contributed by atoms with Crippen molar-refractivity contribution >= 4 is 26.0 Å². The number of benzene rings is 1. The van der Waals surface area contributed by atoms with Crippen LogP contribution in [0.1, 0.15) is 38.7 Å². The lowest BCUT2D eigenvalue weighted by atomic mass is 10.1. The molecule has 21 heavy (non-hydrogen) atoms. The highest BCUT2D eigenvalue weighted by atomic mass is 79.9. The van der Waals surface area contributed by atoms with Gasteiger partial charge in [0.2, 0.25) is 10.0 Å². The number of sulfonamides is 1. The van der Waals surface area contributed by atoms with Crippen LogP contribution in [-0.2, 0) is 16.6 Å². The van der Waals surface area contributed by atoms with Crippen molar-refractivity contribution in [3.8, 4) is 0 Å². The van der Waals surface area contributed by atoms with Gasteiger partial charge in [0, 0.05) is 17.6 Å². The third-order valence-corrected chi connectivity index (χ3v) is 6.60. The molecule has 0 spiro atoms. The van der Waals surface area contributed by atoms with Crippen LogP contribution < -0.4 is 10.0 Å². The first-order chi connectivity index (χ1) is 9.92. The second kappa shape index (κ2) is 6.77. The highest BCUT2D eigenvalue weighted by Gasteiger charge is 2.41. The number of nitrogens with one attached hydrogen (secondary N) is 2. The minimum Gasteiger partial charge on any atom is -0.313 e. The molecule has 6 heteroatoms. The summed E-state index contributed by atoms with van der Waals surface area (Å²) in [4.78, 5) is 0.324. The number of halogens is 1. The SMILES string of the molecule is CCNCc1ccc(Br)c(S(=O)(=O)NCC2(CC)CC2)c1. The third-order valence-electron chi connectivity index (χ3n) is 4.21. The van der Waals surface area contributed by atoms with Crippen LogP contribution in [-0.4, -0.2) is 21.5 Å². The first-order valence-corrected chi connectivity index (χ1v) is 9.69. The van der Waals surface area contributed by atoms with E-state index in [1.54, 1.807) is 12.1 Å². The first kappa shape index (κ1) is 16.9. The van der Waals surface area contributed by atoms with Crippen LogP contribution in [0.15, 0.2) is 27.6 Å². The van der Waals surface area contributed by atoms with Gasteiger partial charge in [-0.2, -0.15) is 0 Å². The number of hydrogen-bond donors (Lipinski definition) is 2. The lowest BCUT2D eigenvalue weighted by Crippen LogP contribution is -2.30. The summed E-state index contributed by atoms with van der Waals surface area (Å²) in [6.07, 6.45) is 3.26. The Hall–Kier alpha value is -0.430. The molecule has 1 aromatic rings. The van der Waals surface area contributed by atoms with Crippen LogP contribution in [0, 0.1) is 5.41 Å². The van der Waals surface area contributed by atoms with Gasteiger partial charge >= 0.3 is 0 Å². The molecule has 0 bridgehead atoms. The Morgan fingerprint density at radius 2 is 2.00 bits per heavy atom. The number of hydrogen-bond acceptors (Lipinski definition) is 3. The predicted octanol–water partition coefficient (Wildman–Crippen LogP) is 3.03. The summed E-state index contributed by atoms with van der Waals surface area (Å²) in [6.45, 7) is 6.21. The second-order valence-electron chi connectivity index (χ2n) is 5.72. The summed E-state index contributed by atoms with van der Waals surface area (Å²) in [5.74, 6) is 0. The first-order valence-electron chi connectivity index (χ1n) is 7.41. The normalized spacial score (nSPS) is 16.9. The molecule has 0 saturated heterocycles. The van der Waals surface area contributed by atoms with Crippen LogP contribution in [0.2, 0.25) is 0 Å². The van der Waals surface area contributed by atoms with Crippen LogP contribution >= 0.6 is 15.9 Å². The molecule has 0 aromatic heterocycles. The molecule has 0 aliphatic heterocycles. The van der Waals surface area contributed by atoms with Crippen molar-refractivity contribution in [2.24, 2.45) is 5.41 Å². The average molecular weight is 375 g/mol. The third kappa shape index (κ3) is 4.28. The van der Waals surface area contributed by atoms with E-state index in [0.717, 1.165) is 31.4 Å². The molecular weight excluding hydrogens is 352 g/mol. The van der Waals surface area contributed by atoms with E-state index in [9.17, 15) is 8.42 Å². The summed E-state index contributed by atoms with van der Waals surface area (Å²) < 4.78 is 28.4. The maximum absolute atomic E-state index is 12.5. The van der Waals surface area contributed by atoms with Crippen molar-refractivity contribution in [2.45, 2.75) is 44.6 Å². The van der Waals surface area contributed by atoms with Gasteiger partial charge in [-0.05, 0) is 64.8 Å². The molecule has 1 aliphatic carbocycles.